The van der Waals surface area contributed by atoms with Gasteiger partial charge >= 0.3 is 5.97 Å². The van der Waals surface area contributed by atoms with Crippen molar-refractivity contribution in [3.05, 3.63) is 63.7 Å². The molecule has 2 aromatic carbocycles. The summed E-state index contributed by atoms with van der Waals surface area (Å²) in [6.07, 6.45) is 0. The minimum absolute atomic E-state index is 0.0683. The zero-order valence-electron chi connectivity index (χ0n) is 12.2. The molecule has 0 unspecified atom stereocenters. The summed E-state index contributed by atoms with van der Waals surface area (Å²) in [7, 11) is 0. The Morgan fingerprint density at radius 2 is 1.82 bits per heavy atom. The molecule has 1 N–H and O–H groups in total. The molecule has 5 heteroatoms. The molecule has 0 saturated carbocycles. The van der Waals surface area contributed by atoms with E-state index in [1.807, 2.05) is 26.0 Å². The molecule has 0 atom stereocenters. The van der Waals surface area contributed by atoms with Crippen LogP contribution in [0.4, 0.5) is 0 Å². The lowest BCUT2D eigenvalue weighted by molar-refractivity contribution is 0.0471. The van der Waals surface area contributed by atoms with Crippen molar-refractivity contribution in [3.8, 4) is 5.75 Å². The lowest BCUT2D eigenvalue weighted by atomic mass is 10.0. The molecule has 22 heavy (non-hydrogen) atoms. The first-order chi connectivity index (χ1) is 10.4. The van der Waals surface area contributed by atoms with E-state index in [0.29, 0.717) is 10.6 Å². The monoisotopic (exact) mass is 318 g/mol. The molecular formula is C17H15ClO4. The van der Waals surface area contributed by atoms with Crippen LogP contribution < -0.4 is 0 Å². The Balaban J connectivity index is 2.09. The number of hydrogen-bond acceptors (Lipinski definition) is 4. The van der Waals surface area contributed by atoms with Gasteiger partial charge in [-0.1, -0.05) is 29.3 Å². The van der Waals surface area contributed by atoms with Crippen molar-refractivity contribution in [1.82, 2.24) is 0 Å². The molecule has 0 amide bonds. The van der Waals surface area contributed by atoms with Gasteiger partial charge in [-0.15, -0.1) is 0 Å². The van der Waals surface area contributed by atoms with E-state index >= 15 is 0 Å². The molecule has 0 spiro atoms. The molecule has 0 aromatic heterocycles. The summed E-state index contributed by atoms with van der Waals surface area (Å²) in [6, 6.07) is 9.54. The first-order valence-electron chi connectivity index (χ1n) is 6.64. The minimum Gasteiger partial charge on any atom is -0.507 e. The average molecular weight is 319 g/mol. The van der Waals surface area contributed by atoms with Gasteiger partial charge in [0.05, 0.1) is 0 Å². The number of esters is 1. The third-order valence-electron chi connectivity index (χ3n) is 3.21. The lowest BCUT2D eigenvalue weighted by Crippen LogP contribution is -2.15. The maximum absolute atomic E-state index is 12.1. The van der Waals surface area contributed by atoms with E-state index in [9.17, 15) is 14.7 Å². The second-order valence-corrected chi connectivity index (χ2v) is 5.42. The van der Waals surface area contributed by atoms with Crippen LogP contribution >= 0.6 is 11.6 Å². The number of phenolic OH excluding ortho intramolecular Hbond substituents is 1. The van der Waals surface area contributed by atoms with Crippen molar-refractivity contribution in [2.75, 3.05) is 6.61 Å². The van der Waals surface area contributed by atoms with Gasteiger partial charge in [0.2, 0.25) is 5.78 Å². The second-order valence-electron chi connectivity index (χ2n) is 4.98. The van der Waals surface area contributed by atoms with Gasteiger partial charge < -0.3 is 9.84 Å². The van der Waals surface area contributed by atoms with Gasteiger partial charge in [0.25, 0.3) is 0 Å². The van der Waals surface area contributed by atoms with Crippen LogP contribution in [0.25, 0.3) is 0 Å². The predicted molar refractivity (Wildman–Crippen MR) is 83.6 cm³/mol. The van der Waals surface area contributed by atoms with Crippen LogP contribution in [0.3, 0.4) is 0 Å². The molecule has 0 aliphatic rings. The Morgan fingerprint density at radius 1 is 1.09 bits per heavy atom. The smallest absolute Gasteiger partial charge is 0.342 e. The molecule has 0 fully saturated rings. The van der Waals surface area contributed by atoms with Crippen molar-refractivity contribution in [2.45, 2.75) is 13.8 Å². The van der Waals surface area contributed by atoms with Crippen LogP contribution in [0.1, 0.15) is 31.8 Å². The number of aryl methyl sites for hydroxylation is 2. The average Bonchev–Trinajstić information content (AvgIpc) is 2.49. The Bertz CT molecular complexity index is 674. The number of benzene rings is 2. The van der Waals surface area contributed by atoms with E-state index in [2.05, 4.69) is 0 Å². The molecule has 2 rings (SSSR count). The summed E-state index contributed by atoms with van der Waals surface area (Å²) in [5, 5.41) is 9.92. The number of carbonyl (C=O) groups is 2. The van der Waals surface area contributed by atoms with Crippen LogP contribution in [0, 0.1) is 13.8 Å². The Kier molecular flexibility index (Phi) is 4.83. The number of phenols is 1. The van der Waals surface area contributed by atoms with E-state index in [0.717, 1.165) is 11.1 Å². The summed E-state index contributed by atoms with van der Waals surface area (Å²) in [5.41, 5.74) is 2.22. The molecule has 0 radical (unpaired) electrons. The molecule has 0 saturated heterocycles. The minimum atomic E-state index is -0.793. The third kappa shape index (κ3) is 3.65. The number of hydrogen-bond donors (Lipinski definition) is 1. The third-order valence-corrected chi connectivity index (χ3v) is 3.44. The normalized spacial score (nSPS) is 10.3. The van der Waals surface area contributed by atoms with E-state index in [4.69, 9.17) is 16.3 Å². The van der Waals surface area contributed by atoms with Gasteiger partial charge in [0.15, 0.2) is 6.61 Å². The van der Waals surface area contributed by atoms with Crippen molar-refractivity contribution < 1.29 is 19.4 Å². The first-order valence-corrected chi connectivity index (χ1v) is 7.02. The molecule has 2 aromatic rings. The molecule has 0 heterocycles. The van der Waals surface area contributed by atoms with Crippen LogP contribution in [-0.2, 0) is 4.74 Å². The number of carbonyl (C=O) groups excluding carboxylic acids is 2. The summed E-state index contributed by atoms with van der Waals surface area (Å²) < 4.78 is 4.97. The first kappa shape index (κ1) is 16.0. The topological polar surface area (TPSA) is 63.6 Å². The largest absolute Gasteiger partial charge is 0.507 e. The van der Waals surface area contributed by atoms with Crippen LogP contribution in [0.2, 0.25) is 5.02 Å². The van der Waals surface area contributed by atoms with Crippen molar-refractivity contribution in [1.29, 1.82) is 0 Å². The van der Waals surface area contributed by atoms with E-state index in [1.165, 1.54) is 18.2 Å². The van der Waals surface area contributed by atoms with Crippen molar-refractivity contribution in [2.24, 2.45) is 0 Å². The van der Waals surface area contributed by atoms with Gasteiger partial charge in [-0.05, 0) is 43.7 Å². The van der Waals surface area contributed by atoms with Crippen LogP contribution in [0.15, 0.2) is 36.4 Å². The lowest BCUT2D eigenvalue weighted by Gasteiger charge is -2.08. The zero-order valence-corrected chi connectivity index (χ0v) is 13.0. The van der Waals surface area contributed by atoms with Crippen LogP contribution in [-0.4, -0.2) is 23.5 Å². The molecule has 114 valence electrons. The second kappa shape index (κ2) is 6.62. The van der Waals surface area contributed by atoms with Gasteiger partial charge in [-0.25, -0.2) is 4.79 Å². The van der Waals surface area contributed by atoms with Gasteiger partial charge in [0.1, 0.15) is 11.3 Å². The number of Topliss-reactive ketones (excluding diaryl/α,β-unsaturated/α-hetero) is 1. The quantitative estimate of drug-likeness (QED) is 0.689. The number of halogens is 1. The molecule has 0 aliphatic carbocycles. The van der Waals surface area contributed by atoms with Gasteiger partial charge in [0, 0.05) is 10.6 Å². The Morgan fingerprint density at radius 3 is 2.55 bits per heavy atom. The SMILES string of the molecule is Cc1ccc(C)c(C(=O)COC(=O)c2cc(Cl)ccc2O)c1. The maximum Gasteiger partial charge on any atom is 0.342 e. The van der Waals surface area contributed by atoms with E-state index < -0.39 is 12.6 Å². The number of rotatable bonds is 4. The summed E-state index contributed by atoms with van der Waals surface area (Å²) in [4.78, 5) is 24.1. The molecule has 0 aliphatic heterocycles. The number of ether oxygens (including phenoxy) is 1. The van der Waals surface area contributed by atoms with Gasteiger partial charge in [-0.2, -0.15) is 0 Å². The van der Waals surface area contributed by atoms with E-state index in [1.54, 1.807) is 6.07 Å². The summed E-state index contributed by atoms with van der Waals surface area (Å²) in [6.45, 7) is 3.30. The highest BCUT2D eigenvalue weighted by Gasteiger charge is 2.16. The van der Waals surface area contributed by atoms with Crippen molar-refractivity contribution in [3.63, 3.8) is 0 Å². The Labute approximate surface area is 133 Å². The predicted octanol–water partition coefficient (Wildman–Crippen LogP) is 3.70. The Hall–Kier alpha value is -2.33. The van der Waals surface area contributed by atoms with Crippen molar-refractivity contribution >= 4 is 23.4 Å². The molecule has 0 bridgehead atoms. The fraction of sp³-hybridized carbons (Fsp3) is 0.176. The standard InChI is InChI=1S/C17H15ClO4/c1-10-3-4-11(2)13(7-10)16(20)9-22-17(21)14-8-12(18)5-6-15(14)19/h3-8,19H,9H2,1-2H3. The summed E-state index contributed by atoms with van der Waals surface area (Å²) >= 11 is 5.77. The number of ketones is 1. The highest BCUT2D eigenvalue weighted by molar-refractivity contribution is 6.31. The summed E-state index contributed by atoms with van der Waals surface area (Å²) in [5.74, 6) is -1.33. The maximum atomic E-state index is 12.1. The highest BCUT2D eigenvalue weighted by Crippen LogP contribution is 2.22. The highest BCUT2D eigenvalue weighted by atomic mass is 35.5. The van der Waals surface area contributed by atoms with Crippen LogP contribution in [0.5, 0.6) is 5.75 Å². The molecule has 4 nitrogen and oxygen atoms in total. The molecular weight excluding hydrogens is 304 g/mol. The number of aromatic hydroxyl groups is 1. The van der Waals surface area contributed by atoms with Gasteiger partial charge in [-0.3, -0.25) is 4.79 Å². The van der Waals surface area contributed by atoms with E-state index in [-0.39, 0.29) is 17.1 Å². The zero-order chi connectivity index (χ0) is 16.3. The fourth-order valence-corrected chi connectivity index (χ4v) is 2.17. The fourth-order valence-electron chi connectivity index (χ4n) is 1.99.